The number of hydrogen-bond acceptors (Lipinski definition) is 3. The lowest BCUT2D eigenvalue weighted by Crippen LogP contribution is -2.16. The molecule has 2 heterocycles. The predicted molar refractivity (Wildman–Crippen MR) is 53.3 cm³/mol. The number of hydrogen-bond donors (Lipinski definition) is 1. The zero-order chi connectivity index (χ0) is 9.97. The van der Waals surface area contributed by atoms with Crippen LogP contribution < -0.4 is 5.32 Å². The van der Waals surface area contributed by atoms with Gasteiger partial charge in [-0.2, -0.15) is 0 Å². The van der Waals surface area contributed by atoms with Gasteiger partial charge in [-0.3, -0.25) is 0 Å². The van der Waals surface area contributed by atoms with Crippen molar-refractivity contribution in [2.75, 3.05) is 7.05 Å². The SMILES string of the molecule is CNC(c1ccco1)c1ccoc1Cl. The summed E-state index contributed by atoms with van der Waals surface area (Å²) in [6, 6.07) is 5.50. The minimum atomic E-state index is -0.0590. The molecule has 0 aromatic carbocycles. The average molecular weight is 212 g/mol. The van der Waals surface area contributed by atoms with Gasteiger partial charge in [0, 0.05) is 5.56 Å². The van der Waals surface area contributed by atoms with Gasteiger partial charge >= 0.3 is 0 Å². The molecule has 14 heavy (non-hydrogen) atoms. The summed E-state index contributed by atoms with van der Waals surface area (Å²) in [6.45, 7) is 0. The Hall–Kier alpha value is -1.19. The van der Waals surface area contributed by atoms with Crippen LogP contribution in [0.2, 0.25) is 5.22 Å². The molecular weight excluding hydrogens is 202 g/mol. The molecule has 0 spiro atoms. The van der Waals surface area contributed by atoms with Crippen LogP contribution in [-0.2, 0) is 0 Å². The van der Waals surface area contributed by atoms with Gasteiger partial charge in [0.25, 0.3) is 0 Å². The van der Waals surface area contributed by atoms with Crippen molar-refractivity contribution in [3.05, 3.63) is 47.3 Å². The molecule has 1 unspecified atom stereocenters. The van der Waals surface area contributed by atoms with Crippen LogP contribution in [0.15, 0.2) is 39.6 Å². The number of rotatable bonds is 3. The molecule has 0 saturated heterocycles. The Labute approximate surface area is 86.7 Å². The van der Waals surface area contributed by atoms with E-state index in [4.69, 9.17) is 20.4 Å². The lowest BCUT2D eigenvalue weighted by molar-refractivity contribution is 0.460. The first-order valence-electron chi connectivity index (χ1n) is 4.26. The van der Waals surface area contributed by atoms with Gasteiger partial charge in [0.2, 0.25) is 0 Å². The molecule has 0 fully saturated rings. The molecule has 74 valence electrons. The molecule has 0 amide bonds. The van der Waals surface area contributed by atoms with Crippen LogP contribution in [0, 0.1) is 0 Å². The van der Waals surface area contributed by atoms with Gasteiger partial charge in [-0.1, -0.05) is 0 Å². The molecule has 3 nitrogen and oxygen atoms in total. The van der Waals surface area contributed by atoms with Gasteiger partial charge in [-0.15, -0.1) is 0 Å². The first kappa shape index (κ1) is 9.37. The summed E-state index contributed by atoms with van der Waals surface area (Å²) in [4.78, 5) is 0. The van der Waals surface area contributed by atoms with Crippen LogP contribution in [0.5, 0.6) is 0 Å². The average Bonchev–Trinajstić information content (AvgIpc) is 2.80. The third kappa shape index (κ3) is 1.56. The summed E-state index contributed by atoms with van der Waals surface area (Å²) in [5, 5.41) is 3.50. The van der Waals surface area contributed by atoms with E-state index in [2.05, 4.69) is 5.32 Å². The maximum Gasteiger partial charge on any atom is 0.198 e. The summed E-state index contributed by atoms with van der Waals surface area (Å²) in [7, 11) is 1.84. The van der Waals surface area contributed by atoms with E-state index in [9.17, 15) is 0 Å². The number of nitrogens with one attached hydrogen (secondary N) is 1. The second-order valence-electron chi connectivity index (χ2n) is 2.89. The van der Waals surface area contributed by atoms with E-state index in [0.29, 0.717) is 5.22 Å². The van der Waals surface area contributed by atoms with Crippen LogP contribution in [0.1, 0.15) is 17.4 Å². The molecule has 0 aliphatic carbocycles. The minimum absolute atomic E-state index is 0.0590. The van der Waals surface area contributed by atoms with Crippen molar-refractivity contribution in [3.63, 3.8) is 0 Å². The molecule has 0 bridgehead atoms. The molecule has 0 saturated carbocycles. The van der Waals surface area contributed by atoms with Gasteiger partial charge in [-0.05, 0) is 36.8 Å². The van der Waals surface area contributed by atoms with Crippen LogP contribution in [0.25, 0.3) is 0 Å². The first-order valence-corrected chi connectivity index (χ1v) is 4.64. The van der Waals surface area contributed by atoms with Crippen molar-refractivity contribution in [2.45, 2.75) is 6.04 Å². The quantitative estimate of drug-likeness (QED) is 0.849. The van der Waals surface area contributed by atoms with E-state index in [-0.39, 0.29) is 6.04 Å². The monoisotopic (exact) mass is 211 g/mol. The summed E-state index contributed by atoms with van der Waals surface area (Å²) in [6.07, 6.45) is 3.19. The summed E-state index contributed by atoms with van der Waals surface area (Å²) in [5.74, 6) is 0.816. The Balaban J connectivity index is 2.36. The Morgan fingerprint density at radius 1 is 1.29 bits per heavy atom. The van der Waals surface area contributed by atoms with Gasteiger partial charge in [0.05, 0.1) is 18.6 Å². The van der Waals surface area contributed by atoms with Gasteiger partial charge in [0.1, 0.15) is 5.76 Å². The van der Waals surface area contributed by atoms with Crippen LogP contribution in [-0.4, -0.2) is 7.05 Å². The fourth-order valence-corrected chi connectivity index (χ4v) is 1.64. The van der Waals surface area contributed by atoms with E-state index in [0.717, 1.165) is 11.3 Å². The van der Waals surface area contributed by atoms with E-state index in [1.807, 2.05) is 25.2 Å². The van der Waals surface area contributed by atoms with Gasteiger partial charge < -0.3 is 14.2 Å². The standard InChI is InChI=1S/C10H10ClNO2/c1-12-9(8-3-2-5-13-8)7-4-6-14-10(7)11/h2-6,9,12H,1H3. The molecule has 1 N–H and O–H groups in total. The van der Waals surface area contributed by atoms with Crippen LogP contribution >= 0.6 is 11.6 Å². The van der Waals surface area contributed by atoms with Gasteiger partial charge in [0.15, 0.2) is 5.22 Å². The van der Waals surface area contributed by atoms with E-state index in [1.54, 1.807) is 12.5 Å². The zero-order valence-corrected chi connectivity index (χ0v) is 8.41. The van der Waals surface area contributed by atoms with Crippen molar-refractivity contribution in [3.8, 4) is 0 Å². The highest BCUT2D eigenvalue weighted by Crippen LogP contribution is 2.28. The summed E-state index contributed by atoms with van der Waals surface area (Å²) in [5.41, 5.74) is 0.879. The van der Waals surface area contributed by atoms with Crippen LogP contribution in [0.3, 0.4) is 0 Å². The van der Waals surface area contributed by atoms with Crippen molar-refractivity contribution in [2.24, 2.45) is 0 Å². The lowest BCUT2D eigenvalue weighted by Gasteiger charge is -2.11. The van der Waals surface area contributed by atoms with Crippen molar-refractivity contribution < 1.29 is 8.83 Å². The third-order valence-corrected chi connectivity index (χ3v) is 2.38. The second-order valence-corrected chi connectivity index (χ2v) is 3.23. The molecule has 2 aromatic heterocycles. The van der Waals surface area contributed by atoms with Crippen LogP contribution in [0.4, 0.5) is 0 Å². The zero-order valence-electron chi connectivity index (χ0n) is 7.66. The van der Waals surface area contributed by atoms with E-state index in [1.165, 1.54) is 0 Å². The minimum Gasteiger partial charge on any atom is -0.467 e. The maximum absolute atomic E-state index is 5.88. The molecule has 0 aliphatic rings. The molecule has 0 radical (unpaired) electrons. The van der Waals surface area contributed by atoms with E-state index < -0.39 is 0 Å². The highest BCUT2D eigenvalue weighted by Gasteiger charge is 2.19. The second kappa shape index (κ2) is 3.90. The fourth-order valence-electron chi connectivity index (χ4n) is 1.42. The topological polar surface area (TPSA) is 38.3 Å². The third-order valence-electron chi connectivity index (χ3n) is 2.07. The summed E-state index contributed by atoms with van der Waals surface area (Å²) >= 11 is 5.88. The Morgan fingerprint density at radius 3 is 2.64 bits per heavy atom. The largest absolute Gasteiger partial charge is 0.467 e. The molecule has 0 aliphatic heterocycles. The van der Waals surface area contributed by atoms with E-state index >= 15 is 0 Å². The Kier molecular flexibility index (Phi) is 2.61. The maximum atomic E-state index is 5.88. The number of furan rings is 2. The molecular formula is C10H10ClNO2. The Bertz CT molecular complexity index is 394. The van der Waals surface area contributed by atoms with Gasteiger partial charge in [-0.25, -0.2) is 0 Å². The highest BCUT2D eigenvalue weighted by atomic mass is 35.5. The smallest absolute Gasteiger partial charge is 0.198 e. The van der Waals surface area contributed by atoms with Crippen molar-refractivity contribution in [1.29, 1.82) is 0 Å². The Morgan fingerprint density at radius 2 is 2.14 bits per heavy atom. The normalized spacial score (nSPS) is 13.0. The highest BCUT2D eigenvalue weighted by molar-refractivity contribution is 6.29. The van der Waals surface area contributed by atoms with Crippen molar-refractivity contribution in [1.82, 2.24) is 5.32 Å². The predicted octanol–water partition coefficient (Wildman–Crippen LogP) is 2.83. The fraction of sp³-hybridized carbons (Fsp3) is 0.200. The number of halogens is 1. The molecule has 2 rings (SSSR count). The molecule has 4 heteroatoms. The molecule has 2 aromatic rings. The summed E-state index contributed by atoms with van der Waals surface area (Å²) < 4.78 is 10.3. The van der Waals surface area contributed by atoms with Crippen molar-refractivity contribution >= 4 is 11.6 Å². The first-order chi connectivity index (χ1) is 6.83. The lowest BCUT2D eigenvalue weighted by atomic mass is 10.1. The molecule has 1 atom stereocenters.